The van der Waals surface area contributed by atoms with Gasteiger partial charge in [0.05, 0.1) is 11.5 Å². The number of benzene rings is 1. The summed E-state index contributed by atoms with van der Waals surface area (Å²) in [7, 11) is 1.65. The summed E-state index contributed by atoms with van der Waals surface area (Å²) in [6, 6.07) is 9.87. The number of hydrogen-bond acceptors (Lipinski definition) is 4. The second-order valence-corrected chi connectivity index (χ2v) is 5.44. The molecule has 0 aliphatic carbocycles. The minimum atomic E-state index is -0.493. The van der Waals surface area contributed by atoms with E-state index >= 15 is 0 Å². The molecule has 0 bridgehead atoms. The summed E-state index contributed by atoms with van der Waals surface area (Å²) in [5, 5.41) is 2.99. The lowest BCUT2D eigenvalue weighted by molar-refractivity contribution is -0.136. The molecule has 0 radical (unpaired) electrons. The average Bonchev–Trinajstić information content (AvgIpc) is 2.56. The molecule has 5 heteroatoms. The normalized spacial score (nSPS) is 19.0. The van der Waals surface area contributed by atoms with Crippen molar-refractivity contribution < 1.29 is 14.3 Å². The van der Waals surface area contributed by atoms with E-state index in [1.807, 2.05) is 30.3 Å². The molecule has 1 amide bonds. The number of carbonyl (C=O) groups is 1. The Morgan fingerprint density at radius 3 is 2.62 bits per heavy atom. The number of amides is 1. The first-order chi connectivity index (χ1) is 10.2. The van der Waals surface area contributed by atoms with E-state index in [0.717, 1.165) is 5.56 Å². The number of hydrogen-bond donors (Lipinski definition) is 2. The summed E-state index contributed by atoms with van der Waals surface area (Å²) in [5.41, 5.74) is 6.40. The zero-order chi connectivity index (χ0) is 15.1. The van der Waals surface area contributed by atoms with E-state index in [4.69, 9.17) is 15.2 Å². The highest BCUT2D eigenvalue weighted by Crippen LogP contribution is 2.29. The standard InChI is InChI=1S/C16H24N2O3/c1-20-14(13-5-3-2-4-6-13)11-18-15(19)16(12-17)7-9-21-10-8-16/h2-6,14H,7-12,17H2,1H3,(H,18,19). The predicted octanol–water partition coefficient (Wildman–Crippen LogP) is 1.25. The molecular formula is C16H24N2O3. The Hall–Kier alpha value is -1.43. The molecular weight excluding hydrogens is 268 g/mol. The van der Waals surface area contributed by atoms with Crippen LogP contribution in [-0.4, -0.2) is 39.3 Å². The molecule has 1 heterocycles. The predicted molar refractivity (Wildman–Crippen MR) is 80.7 cm³/mol. The molecule has 1 aromatic rings. The van der Waals surface area contributed by atoms with Gasteiger partial charge in [-0.3, -0.25) is 4.79 Å². The van der Waals surface area contributed by atoms with Gasteiger partial charge in [-0.1, -0.05) is 30.3 Å². The second kappa shape index (κ2) is 7.54. The van der Waals surface area contributed by atoms with E-state index in [9.17, 15) is 4.79 Å². The Kier molecular flexibility index (Phi) is 5.73. The SMILES string of the molecule is COC(CNC(=O)C1(CN)CCOCC1)c1ccccc1. The van der Waals surface area contributed by atoms with Gasteiger partial charge in [0.1, 0.15) is 0 Å². The molecule has 0 saturated carbocycles. The van der Waals surface area contributed by atoms with E-state index in [1.54, 1.807) is 7.11 Å². The van der Waals surface area contributed by atoms with Crippen LogP contribution in [0, 0.1) is 5.41 Å². The largest absolute Gasteiger partial charge is 0.381 e. The molecule has 116 valence electrons. The topological polar surface area (TPSA) is 73.6 Å². The smallest absolute Gasteiger partial charge is 0.227 e. The maximum absolute atomic E-state index is 12.5. The second-order valence-electron chi connectivity index (χ2n) is 5.44. The Balaban J connectivity index is 1.95. The molecule has 1 atom stereocenters. The Labute approximate surface area is 125 Å². The first-order valence-corrected chi connectivity index (χ1v) is 7.36. The number of methoxy groups -OCH3 is 1. The van der Waals surface area contributed by atoms with Crippen LogP contribution in [0.15, 0.2) is 30.3 Å². The molecule has 1 aromatic carbocycles. The zero-order valence-corrected chi connectivity index (χ0v) is 12.5. The fourth-order valence-corrected chi connectivity index (χ4v) is 2.66. The van der Waals surface area contributed by atoms with Gasteiger partial charge in [-0.25, -0.2) is 0 Å². The van der Waals surface area contributed by atoms with Gasteiger partial charge < -0.3 is 20.5 Å². The molecule has 1 saturated heterocycles. The Bertz CT molecular complexity index is 444. The zero-order valence-electron chi connectivity index (χ0n) is 12.5. The fourth-order valence-electron chi connectivity index (χ4n) is 2.66. The lowest BCUT2D eigenvalue weighted by atomic mass is 9.79. The van der Waals surface area contributed by atoms with Crippen LogP contribution < -0.4 is 11.1 Å². The molecule has 1 aliphatic heterocycles. The number of ether oxygens (including phenoxy) is 2. The third kappa shape index (κ3) is 3.81. The molecule has 5 nitrogen and oxygen atoms in total. The Morgan fingerprint density at radius 1 is 1.38 bits per heavy atom. The van der Waals surface area contributed by atoms with Crippen LogP contribution in [0.4, 0.5) is 0 Å². The molecule has 1 unspecified atom stereocenters. The van der Waals surface area contributed by atoms with E-state index in [-0.39, 0.29) is 12.0 Å². The number of nitrogens with two attached hydrogens (primary N) is 1. The highest BCUT2D eigenvalue weighted by atomic mass is 16.5. The van der Waals surface area contributed by atoms with Gasteiger partial charge in [-0.2, -0.15) is 0 Å². The van der Waals surface area contributed by atoms with Gasteiger partial charge in [0.25, 0.3) is 0 Å². The van der Waals surface area contributed by atoms with Crippen molar-refractivity contribution in [2.75, 3.05) is 33.4 Å². The Morgan fingerprint density at radius 2 is 2.05 bits per heavy atom. The molecule has 2 rings (SSSR count). The van der Waals surface area contributed by atoms with Crippen LogP contribution in [0.1, 0.15) is 24.5 Å². The lowest BCUT2D eigenvalue weighted by Crippen LogP contribution is -2.50. The fraction of sp³-hybridized carbons (Fsp3) is 0.562. The van der Waals surface area contributed by atoms with Crippen molar-refractivity contribution in [2.24, 2.45) is 11.1 Å². The van der Waals surface area contributed by atoms with Gasteiger partial charge in [-0.15, -0.1) is 0 Å². The van der Waals surface area contributed by atoms with Crippen molar-refractivity contribution in [2.45, 2.75) is 18.9 Å². The lowest BCUT2D eigenvalue weighted by Gasteiger charge is -2.35. The highest BCUT2D eigenvalue weighted by molar-refractivity contribution is 5.83. The van der Waals surface area contributed by atoms with Gasteiger partial charge in [0.2, 0.25) is 5.91 Å². The van der Waals surface area contributed by atoms with E-state index in [2.05, 4.69) is 5.32 Å². The van der Waals surface area contributed by atoms with Crippen LogP contribution in [0.2, 0.25) is 0 Å². The van der Waals surface area contributed by atoms with Crippen LogP contribution in [-0.2, 0) is 14.3 Å². The van der Waals surface area contributed by atoms with Crippen molar-refractivity contribution in [3.63, 3.8) is 0 Å². The minimum absolute atomic E-state index is 0.00582. The summed E-state index contributed by atoms with van der Waals surface area (Å²) >= 11 is 0. The maximum Gasteiger partial charge on any atom is 0.227 e. The molecule has 0 spiro atoms. The molecule has 21 heavy (non-hydrogen) atoms. The van der Waals surface area contributed by atoms with Crippen LogP contribution >= 0.6 is 0 Å². The van der Waals surface area contributed by atoms with Crippen LogP contribution in [0.3, 0.4) is 0 Å². The first-order valence-electron chi connectivity index (χ1n) is 7.36. The van der Waals surface area contributed by atoms with Crippen LogP contribution in [0.5, 0.6) is 0 Å². The molecule has 0 aromatic heterocycles. The van der Waals surface area contributed by atoms with Crippen molar-refractivity contribution in [1.29, 1.82) is 0 Å². The van der Waals surface area contributed by atoms with Crippen molar-refractivity contribution in [3.05, 3.63) is 35.9 Å². The first kappa shape index (κ1) is 15.9. The number of carbonyl (C=O) groups excluding carboxylic acids is 1. The van der Waals surface area contributed by atoms with Crippen molar-refractivity contribution >= 4 is 5.91 Å². The average molecular weight is 292 g/mol. The van der Waals surface area contributed by atoms with Gasteiger partial charge in [-0.05, 0) is 18.4 Å². The van der Waals surface area contributed by atoms with E-state index < -0.39 is 5.41 Å². The van der Waals surface area contributed by atoms with Crippen LogP contribution in [0.25, 0.3) is 0 Å². The number of rotatable bonds is 6. The van der Waals surface area contributed by atoms with Gasteiger partial charge in [0, 0.05) is 33.4 Å². The molecule has 1 fully saturated rings. The van der Waals surface area contributed by atoms with Crippen molar-refractivity contribution in [1.82, 2.24) is 5.32 Å². The maximum atomic E-state index is 12.5. The monoisotopic (exact) mass is 292 g/mol. The van der Waals surface area contributed by atoms with E-state index in [1.165, 1.54) is 0 Å². The van der Waals surface area contributed by atoms with Crippen molar-refractivity contribution in [3.8, 4) is 0 Å². The summed E-state index contributed by atoms with van der Waals surface area (Å²) in [4.78, 5) is 12.5. The quantitative estimate of drug-likeness (QED) is 0.827. The number of nitrogens with one attached hydrogen (secondary N) is 1. The van der Waals surface area contributed by atoms with E-state index in [0.29, 0.717) is 39.1 Å². The third-order valence-electron chi connectivity index (χ3n) is 4.23. The summed E-state index contributed by atoms with van der Waals surface area (Å²) in [6.07, 6.45) is 1.21. The molecule has 3 N–H and O–H groups in total. The van der Waals surface area contributed by atoms with Gasteiger partial charge >= 0.3 is 0 Å². The molecule has 1 aliphatic rings. The highest BCUT2D eigenvalue weighted by Gasteiger charge is 2.38. The summed E-state index contributed by atoms with van der Waals surface area (Å²) in [6.45, 7) is 1.99. The third-order valence-corrected chi connectivity index (χ3v) is 4.23. The summed E-state index contributed by atoms with van der Waals surface area (Å²) in [5.74, 6) is 0.00582. The van der Waals surface area contributed by atoms with Gasteiger partial charge in [0.15, 0.2) is 0 Å². The summed E-state index contributed by atoms with van der Waals surface area (Å²) < 4.78 is 10.8. The minimum Gasteiger partial charge on any atom is -0.381 e.